The zero-order valence-corrected chi connectivity index (χ0v) is 19.8. The van der Waals surface area contributed by atoms with Gasteiger partial charge in [0.1, 0.15) is 11.5 Å². The molecule has 0 unspecified atom stereocenters. The molecular formula is C25H29N7O2. The van der Waals surface area contributed by atoms with Crippen molar-refractivity contribution in [3.8, 4) is 0 Å². The molecule has 9 heteroatoms. The van der Waals surface area contributed by atoms with Crippen LogP contribution < -0.4 is 10.2 Å². The summed E-state index contributed by atoms with van der Waals surface area (Å²) >= 11 is 0. The molecule has 1 N–H and O–H groups in total. The van der Waals surface area contributed by atoms with Crippen molar-refractivity contribution < 1.29 is 9.59 Å². The lowest BCUT2D eigenvalue weighted by molar-refractivity contribution is -0.129. The van der Waals surface area contributed by atoms with E-state index in [1.807, 2.05) is 58.9 Å². The number of benzene rings is 1. The van der Waals surface area contributed by atoms with Crippen molar-refractivity contribution >= 4 is 34.5 Å². The molecule has 3 aromatic rings. The molecule has 2 aromatic heterocycles. The van der Waals surface area contributed by atoms with Crippen molar-refractivity contribution in [1.82, 2.24) is 24.8 Å². The Morgan fingerprint density at radius 2 is 1.79 bits per heavy atom. The highest BCUT2D eigenvalue weighted by Gasteiger charge is 2.35. The molecule has 0 bridgehead atoms. The van der Waals surface area contributed by atoms with E-state index in [1.165, 1.54) is 0 Å². The van der Waals surface area contributed by atoms with Crippen molar-refractivity contribution in [2.75, 3.05) is 36.4 Å². The molecule has 0 atom stereocenters. The lowest BCUT2D eigenvalue weighted by Gasteiger charge is -2.34. The van der Waals surface area contributed by atoms with Gasteiger partial charge >= 0.3 is 0 Å². The van der Waals surface area contributed by atoms with Crippen molar-refractivity contribution in [2.24, 2.45) is 0 Å². The average Bonchev–Trinajstić information content (AvgIpc) is 3.19. The van der Waals surface area contributed by atoms with E-state index < -0.39 is 0 Å². The molecule has 2 aliphatic rings. The number of hydrogen-bond donors (Lipinski definition) is 1. The Kier molecular flexibility index (Phi) is 5.77. The highest BCUT2D eigenvalue weighted by Crippen LogP contribution is 2.31. The van der Waals surface area contributed by atoms with Gasteiger partial charge in [-0.15, -0.1) is 0 Å². The second-order valence-electron chi connectivity index (χ2n) is 9.07. The van der Waals surface area contributed by atoms with Crippen LogP contribution in [-0.2, 0) is 17.9 Å². The predicted octanol–water partition coefficient (Wildman–Crippen LogP) is 2.67. The summed E-state index contributed by atoms with van der Waals surface area (Å²) in [6.07, 6.45) is 0. The number of rotatable bonds is 5. The first-order chi connectivity index (χ1) is 16.4. The number of nitrogens with zero attached hydrogens (tertiary/aromatic N) is 6. The minimum atomic E-state index is -0.0668. The molecule has 1 aromatic carbocycles. The Morgan fingerprint density at radius 3 is 2.53 bits per heavy atom. The molecule has 0 radical (unpaired) electrons. The van der Waals surface area contributed by atoms with Gasteiger partial charge in [-0.2, -0.15) is 4.98 Å². The van der Waals surface area contributed by atoms with Crippen molar-refractivity contribution in [2.45, 2.75) is 39.9 Å². The maximum absolute atomic E-state index is 13.1. The second kappa shape index (κ2) is 8.89. The van der Waals surface area contributed by atoms with Gasteiger partial charge in [-0.25, -0.2) is 4.98 Å². The summed E-state index contributed by atoms with van der Waals surface area (Å²) in [5.74, 6) is 1.20. The lowest BCUT2D eigenvalue weighted by Crippen LogP contribution is -2.48. The number of amides is 2. The van der Waals surface area contributed by atoms with E-state index in [2.05, 4.69) is 16.4 Å². The van der Waals surface area contributed by atoms with E-state index in [4.69, 9.17) is 9.97 Å². The monoisotopic (exact) mass is 459 g/mol. The minimum Gasteiger partial charge on any atom is -0.364 e. The first kappa shape index (κ1) is 22.1. The molecule has 4 heterocycles. The van der Waals surface area contributed by atoms with Crippen molar-refractivity contribution in [3.05, 3.63) is 53.3 Å². The Bertz CT molecular complexity index is 1250. The van der Waals surface area contributed by atoms with Gasteiger partial charge in [-0.1, -0.05) is 24.3 Å². The molecule has 5 rings (SSSR count). The number of hydrogen-bond acceptors (Lipinski definition) is 7. The third-order valence-electron chi connectivity index (χ3n) is 6.51. The molecule has 0 spiro atoms. The molecule has 2 aliphatic heterocycles. The zero-order chi connectivity index (χ0) is 23.8. The zero-order valence-electron chi connectivity index (χ0n) is 19.8. The van der Waals surface area contributed by atoms with E-state index in [1.54, 1.807) is 6.92 Å². The number of carbonyl (C=O) groups excluding carboxylic acids is 2. The van der Waals surface area contributed by atoms with Gasteiger partial charge in [0.2, 0.25) is 11.9 Å². The standard InChI is InChI=1S/C25H29N7O2/c1-16(2)32-15-20-22(24(32)34)28-25(31-12-10-30(11-13-31)17(3)33)29-23(20)26-14-19-9-8-18-6-4-5-7-21(18)27-19/h4-9,16H,10-15H2,1-3H3,(H,26,28,29). The maximum atomic E-state index is 13.1. The summed E-state index contributed by atoms with van der Waals surface area (Å²) in [7, 11) is 0. The van der Waals surface area contributed by atoms with Gasteiger partial charge in [-0.05, 0) is 26.0 Å². The molecule has 0 aliphatic carbocycles. The van der Waals surface area contributed by atoms with Gasteiger partial charge in [0.05, 0.1) is 24.3 Å². The summed E-state index contributed by atoms with van der Waals surface area (Å²) in [5.41, 5.74) is 3.12. The van der Waals surface area contributed by atoms with Crippen LogP contribution in [0.25, 0.3) is 10.9 Å². The molecule has 0 saturated carbocycles. The Balaban J connectivity index is 1.43. The molecular weight excluding hydrogens is 430 g/mol. The maximum Gasteiger partial charge on any atom is 0.273 e. The molecule has 176 valence electrons. The van der Waals surface area contributed by atoms with Gasteiger partial charge in [0.25, 0.3) is 5.91 Å². The van der Waals surface area contributed by atoms with E-state index in [0.29, 0.717) is 56.7 Å². The Hall–Kier alpha value is -3.75. The van der Waals surface area contributed by atoms with Crippen LogP contribution in [-0.4, -0.2) is 68.8 Å². The van der Waals surface area contributed by atoms with Crippen LogP contribution in [0.15, 0.2) is 36.4 Å². The Morgan fingerprint density at radius 1 is 1.03 bits per heavy atom. The summed E-state index contributed by atoms with van der Waals surface area (Å²) < 4.78 is 0. The van der Waals surface area contributed by atoms with E-state index >= 15 is 0 Å². The van der Waals surface area contributed by atoms with Crippen LogP contribution in [0.5, 0.6) is 0 Å². The summed E-state index contributed by atoms with van der Waals surface area (Å²) in [6, 6.07) is 12.2. The fourth-order valence-electron chi connectivity index (χ4n) is 4.48. The molecule has 2 amide bonds. The third kappa shape index (κ3) is 4.13. The normalized spacial score (nSPS) is 15.9. The summed E-state index contributed by atoms with van der Waals surface area (Å²) in [4.78, 5) is 44.8. The average molecular weight is 460 g/mol. The highest BCUT2D eigenvalue weighted by atomic mass is 16.2. The molecule has 1 saturated heterocycles. The fraction of sp³-hybridized carbons (Fsp3) is 0.400. The van der Waals surface area contributed by atoms with Crippen LogP contribution in [0.1, 0.15) is 42.5 Å². The fourth-order valence-corrected chi connectivity index (χ4v) is 4.48. The number of pyridine rings is 1. The minimum absolute atomic E-state index is 0.0668. The van der Waals surface area contributed by atoms with Gasteiger partial charge in [-0.3, -0.25) is 14.6 Å². The number of anilines is 2. The van der Waals surface area contributed by atoms with Crippen LogP contribution in [0, 0.1) is 0 Å². The number of fused-ring (bicyclic) bond motifs is 2. The Labute approximate surface area is 198 Å². The van der Waals surface area contributed by atoms with Crippen molar-refractivity contribution in [1.29, 1.82) is 0 Å². The largest absolute Gasteiger partial charge is 0.364 e. The number of nitrogens with one attached hydrogen (secondary N) is 1. The van der Waals surface area contributed by atoms with Gasteiger partial charge in [0, 0.05) is 50.1 Å². The lowest BCUT2D eigenvalue weighted by atomic mass is 10.2. The smallest absolute Gasteiger partial charge is 0.273 e. The molecule has 34 heavy (non-hydrogen) atoms. The van der Waals surface area contributed by atoms with Gasteiger partial charge < -0.3 is 20.0 Å². The van der Waals surface area contributed by atoms with Crippen LogP contribution in [0.4, 0.5) is 11.8 Å². The molecule has 9 nitrogen and oxygen atoms in total. The van der Waals surface area contributed by atoms with Crippen LogP contribution in [0.2, 0.25) is 0 Å². The molecule has 1 fully saturated rings. The topological polar surface area (TPSA) is 94.6 Å². The van der Waals surface area contributed by atoms with Crippen molar-refractivity contribution in [3.63, 3.8) is 0 Å². The van der Waals surface area contributed by atoms with Crippen LogP contribution in [0.3, 0.4) is 0 Å². The highest BCUT2D eigenvalue weighted by molar-refractivity contribution is 5.98. The quantitative estimate of drug-likeness (QED) is 0.627. The van der Waals surface area contributed by atoms with Crippen LogP contribution >= 0.6 is 0 Å². The second-order valence-corrected chi connectivity index (χ2v) is 9.07. The SMILES string of the molecule is CC(=O)N1CCN(c2nc(NCc3ccc4ccccc4n3)c3c(n2)C(=O)N(C(C)C)C3)CC1. The third-order valence-corrected chi connectivity index (χ3v) is 6.51. The van der Waals surface area contributed by atoms with Gasteiger partial charge in [0.15, 0.2) is 0 Å². The number of para-hydroxylation sites is 1. The summed E-state index contributed by atoms with van der Waals surface area (Å²) in [6.45, 7) is 9.06. The number of piperazine rings is 1. The first-order valence-electron chi connectivity index (χ1n) is 11.7. The summed E-state index contributed by atoms with van der Waals surface area (Å²) in [5, 5.41) is 4.53. The predicted molar refractivity (Wildman–Crippen MR) is 131 cm³/mol. The van der Waals surface area contributed by atoms with E-state index in [9.17, 15) is 9.59 Å². The van der Waals surface area contributed by atoms with E-state index in [0.717, 1.165) is 22.2 Å². The first-order valence-corrected chi connectivity index (χ1v) is 11.7. The number of aromatic nitrogens is 3. The van der Waals surface area contributed by atoms with E-state index in [-0.39, 0.29) is 17.9 Å². The number of carbonyl (C=O) groups is 2.